The fourth-order valence-electron chi connectivity index (χ4n) is 3.95. The molecule has 1 saturated heterocycles. The number of piperidine rings is 1. The number of amides is 1. The molecule has 182 valence electrons. The third-order valence-corrected chi connectivity index (χ3v) is 5.78. The van der Waals surface area contributed by atoms with Crippen LogP contribution >= 0.6 is 0 Å². The van der Waals surface area contributed by atoms with Crippen LogP contribution in [0.15, 0.2) is 22.7 Å². The second-order valence-corrected chi connectivity index (χ2v) is 8.35. The summed E-state index contributed by atoms with van der Waals surface area (Å²) in [5.74, 6) is -0.232. The van der Waals surface area contributed by atoms with Crippen LogP contribution < -0.4 is 4.74 Å². The maximum absolute atomic E-state index is 13.7. The number of nitrogens with zero attached hydrogens (tertiary/aromatic N) is 3. The maximum atomic E-state index is 13.7. The monoisotopic (exact) mass is 469 g/mol. The number of benzene rings is 1. The summed E-state index contributed by atoms with van der Waals surface area (Å²) >= 11 is 0. The van der Waals surface area contributed by atoms with Crippen LogP contribution in [0, 0.1) is 0 Å². The van der Waals surface area contributed by atoms with Gasteiger partial charge in [0.1, 0.15) is 5.75 Å². The zero-order valence-electron chi connectivity index (χ0n) is 18.7. The van der Waals surface area contributed by atoms with Gasteiger partial charge in [0.25, 0.3) is 0 Å². The number of carbonyl (C=O) groups is 1. The van der Waals surface area contributed by atoms with E-state index in [2.05, 4.69) is 17.1 Å². The lowest BCUT2D eigenvalue weighted by Gasteiger charge is -2.28. The van der Waals surface area contributed by atoms with E-state index in [1.807, 2.05) is 0 Å². The number of alkyl halides is 3. The van der Waals surface area contributed by atoms with Gasteiger partial charge < -0.3 is 19.3 Å². The number of halogens is 3. The summed E-state index contributed by atoms with van der Waals surface area (Å²) in [6, 6.07) is 3.73. The Kier molecular flexibility index (Phi) is 8.57. The molecular formula is C23H30F3N3O4. The highest BCUT2D eigenvalue weighted by Gasteiger charge is 2.35. The van der Waals surface area contributed by atoms with Gasteiger partial charge in [0, 0.05) is 18.7 Å². The number of ether oxygens (including phenoxy) is 1. The first-order valence-electron chi connectivity index (χ1n) is 11.5. The molecule has 1 amide bonds. The van der Waals surface area contributed by atoms with Crippen molar-refractivity contribution < 1.29 is 32.3 Å². The van der Waals surface area contributed by atoms with E-state index >= 15 is 0 Å². The van der Waals surface area contributed by atoms with E-state index in [1.54, 1.807) is 0 Å². The molecule has 1 aromatic carbocycles. The SMILES string of the molecule is CCCCCCCCOc1ccc(-c2noc([C@@H]3CCCN(C(=O)O)C3)n2)cc1C(F)(F)F. The summed E-state index contributed by atoms with van der Waals surface area (Å²) in [7, 11) is 0. The van der Waals surface area contributed by atoms with E-state index in [0.29, 0.717) is 25.8 Å². The van der Waals surface area contributed by atoms with Crippen molar-refractivity contribution in [2.45, 2.75) is 70.4 Å². The molecule has 1 aliphatic rings. The van der Waals surface area contributed by atoms with Crippen LogP contribution in [0.3, 0.4) is 0 Å². The highest BCUT2D eigenvalue weighted by Crippen LogP contribution is 2.39. The number of aromatic nitrogens is 2. The largest absolute Gasteiger partial charge is 0.493 e. The average molecular weight is 470 g/mol. The van der Waals surface area contributed by atoms with Gasteiger partial charge in [-0.15, -0.1) is 0 Å². The topological polar surface area (TPSA) is 88.7 Å². The van der Waals surface area contributed by atoms with Crippen LogP contribution in [0.4, 0.5) is 18.0 Å². The van der Waals surface area contributed by atoms with Gasteiger partial charge in [-0.1, -0.05) is 44.2 Å². The van der Waals surface area contributed by atoms with Crippen molar-refractivity contribution in [1.82, 2.24) is 15.0 Å². The maximum Gasteiger partial charge on any atom is 0.419 e. The molecule has 1 fully saturated rings. The molecule has 0 aliphatic carbocycles. The second-order valence-electron chi connectivity index (χ2n) is 8.35. The quantitative estimate of drug-likeness (QED) is 0.408. The van der Waals surface area contributed by atoms with Crippen molar-refractivity contribution in [3.05, 3.63) is 29.7 Å². The van der Waals surface area contributed by atoms with Gasteiger partial charge in [0.05, 0.1) is 18.1 Å². The zero-order valence-corrected chi connectivity index (χ0v) is 18.7. The molecule has 0 spiro atoms. The van der Waals surface area contributed by atoms with E-state index in [-0.39, 0.29) is 42.1 Å². The first-order valence-corrected chi connectivity index (χ1v) is 11.5. The molecule has 1 aliphatic heterocycles. The number of likely N-dealkylation sites (tertiary alicyclic amines) is 1. The fraction of sp³-hybridized carbons (Fsp3) is 0.609. The summed E-state index contributed by atoms with van der Waals surface area (Å²) in [6.07, 6.45) is 1.81. The molecule has 33 heavy (non-hydrogen) atoms. The number of carboxylic acid groups (broad SMARTS) is 1. The Bertz CT molecular complexity index is 917. The van der Waals surface area contributed by atoms with Crippen LogP contribution in [-0.2, 0) is 6.18 Å². The highest BCUT2D eigenvalue weighted by atomic mass is 19.4. The fourth-order valence-corrected chi connectivity index (χ4v) is 3.95. The molecule has 10 heteroatoms. The van der Waals surface area contributed by atoms with E-state index in [1.165, 1.54) is 17.0 Å². The molecule has 0 radical (unpaired) electrons. The van der Waals surface area contributed by atoms with E-state index in [4.69, 9.17) is 9.26 Å². The average Bonchev–Trinajstić information content (AvgIpc) is 3.28. The second kappa shape index (κ2) is 11.4. The molecule has 2 aromatic rings. The first-order chi connectivity index (χ1) is 15.8. The lowest BCUT2D eigenvalue weighted by molar-refractivity contribution is -0.138. The van der Waals surface area contributed by atoms with Crippen LogP contribution in [0.25, 0.3) is 11.4 Å². The molecule has 3 rings (SSSR count). The van der Waals surface area contributed by atoms with Gasteiger partial charge in [-0.2, -0.15) is 18.2 Å². The molecule has 7 nitrogen and oxygen atoms in total. The Morgan fingerprint density at radius 3 is 2.73 bits per heavy atom. The molecule has 1 atom stereocenters. The van der Waals surface area contributed by atoms with Crippen molar-refractivity contribution in [2.24, 2.45) is 0 Å². The molecule has 0 bridgehead atoms. The van der Waals surface area contributed by atoms with Crippen molar-refractivity contribution in [1.29, 1.82) is 0 Å². The van der Waals surface area contributed by atoms with Gasteiger partial charge >= 0.3 is 12.3 Å². The van der Waals surface area contributed by atoms with Crippen molar-refractivity contribution in [3.63, 3.8) is 0 Å². The third kappa shape index (κ3) is 6.85. The van der Waals surface area contributed by atoms with Gasteiger partial charge in [0.15, 0.2) is 0 Å². The lowest BCUT2D eigenvalue weighted by Crippen LogP contribution is -2.38. The van der Waals surface area contributed by atoms with Crippen molar-refractivity contribution >= 4 is 6.09 Å². The molecule has 0 unspecified atom stereocenters. The van der Waals surface area contributed by atoms with Gasteiger partial charge in [-0.25, -0.2) is 4.79 Å². The summed E-state index contributed by atoms with van der Waals surface area (Å²) in [6.45, 7) is 3.00. The Hall–Kier alpha value is -2.78. The Labute approximate surface area is 190 Å². The third-order valence-electron chi connectivity index (χ3n) is 5.78. The van der Waals surface area contributed by atoms with E-state index < -0.39 is 17.8 Å². The molecule has 1 N–H and O–H groups in total. The van der Waals surface area contributed by atoms with Crippen molar-refractivity contribution in [3.8, 4) is 17.1 Å². The molecule has 0 saturated carbocycles. The van der Waals surface area contributed by atoms with Crippen LogP contribution in [0.1, 0.15) is 75.7 Å². The standard InChI is InChI=1S/C23H30F3N3O4/c1-2-3-4-5-6-7-13-32-19-11-10-16(14-18(19)23(24,25)26)20-27-21(33-28-20)17-9-8-12-29(15-17)22(30)31/h10-11,14,17H,2-9,12-13,15H2,1H3,(H,30,31)/t17-/m1/s1. The van der Waals surface area contributed by atoms with Gasteiger partial charge in [0.2, 0.25) is 11.7 Å². The molecule has 1 aromatic heterocycles. The minimum absolute atomic E-state index is 0.0328. The number of hydrogen-bond acceptors (Lipinski definition) is 5. The Balaban J connectivity index is 1.68. The van der Waals surface area contributed by atoms with Crippen LogP contribution in [0.5, 0.6) is 5.75 Å². The predicted molar refractivity (Wildman–Crippen MR) is 115 cm³/mol. The number of hydrogen-bond donors (Lipinski definition) is 1. The first kappa shape index (κ1) is 24.9. The van der Waals surface area contributed by atoms with Crippen molar-refractivity contribution in [2.75, 3.05) is 19.7 Å². The van der Waals surface area contributed by atoms with Gasteiger partial charge in [-0.05, 0) is 37.5 Å². The highest BCUT2D eigenvalue weighted by molar-refractivity contribution is 5.65. The zero-order chi connectivity index (χ0) is 23.8. The van der Waals surface area contributed by atoms with E-state index in [9.17, 15) is 23.1 Å². The van der Waals surface area contributed by atoms with E-state index in [0.717, 1.165) is 38.2 Å². The summed E-state index contributed by atoms with van der Waals surface area (Å²) in [4.78, 5) is 16.7. The summed E-state index contributed by atoms with van der Waals surface area (Å²) in [5, 5.41) is 13.0. The minimum Gasteiger partial charge on any atom is -0.493 e. The Morgan fingerprint density at radius 1 is 1.24 bits per heavy atom. The predicted octanol–water partition coefficient (Wildman–Crippen LogP) is 6.35. The number of rotatable bonds is 10. The van der Waals surface area contributed by atoms with Crippen LogP contribution in [-0.4, -0.2) is 45.9 Å². The van der Waals surface area contributed by atoms with Crippen LogP contribution in [0.2, 0.25) is 0 Å². The number of unbranched alkanes of at least 4 members (excludes halogenated alkanes) is 5. The smallest absolute Gasteiger partial charge is 0.419 e. The summed E-state index contributed by atoms with van der Waals surface area (Å²) < 4.78 is 51.7. The molecule has 2 heterocycles. The lowest BCUT2D eigenvalue weighted by atomic mass is 9.98. The summed E-state index contributed by atoms with van der Waals surface area (Å²) in [5.41, 5.74) is -0.720. The van der Waals surface area contributed by atoms with Gasteiger partial charge in [-0.3, -0.25) is 0 Å². The minimum atomic E-state index is -4.59. The molecular weight excluding hydrogens is 439 g/mol. The normalized spacial score (nSPS) is 16.7. The Morgan fingerprint density at radius 2 is 2.00 bits per heavy atom.